The Labute approximate surface area is 177 Å². The molecule has 144 valence electrons. The Morgan fingerprint density at radius 1 is 1.42 bits per heavy atom. The number of amidine groups is 1. The first-order valence-corrected chi connectivity index (χ1v) is 10.1. The van der Waals surface area contributed by atoms with Crippen LogP contribution in [0.1, 0.15) is 32.6 Å². The molecular weight excluding hydrogens is 371 g/mol. The predicted molar refractivity (Wildman–Crippen MR) is 92.5 cm³/mol. The van der Waals surface area contributed by atoms with E-state index in [1.54, 1.807) is 15.6 Å². The molecule has 1 heterocycles. The zero-order chi connectivity index (χ0) is 18.9. The quantitative estimate of drug-likeness (QED) is 0.114. The average Bonchev–Trinajstić information content (AvgIpc) is 2.87. The van der Waals surface area contributed by atoms with Crippen LogP contribution in [0.25, 0.3) is 0 Å². The van der Waals surface area contributed by atoms with Crippen LogP contribution in [0.2, 0.25) is 0 Å². The second-order valence-corrected chi connectivity index (χ2v) is 7.55. The molecule has 0 aromatic rings. The first kappa shape index (κ1) is 25.7. The number of rotatable bonds is 12. The summed E-state index contributed by atoms with van der Waals surface area (Å²) in [7, 11) is -4.54. The van der Waals surface area contributed by atoms with E-state index >= 15 is 0 Å². The SMILES string of the molecule is CCCC/C=C/CC(=O)C1=[N+](CC(O)CS(=O)(=O)[O-])CCN1CCO.[Na+]. The van der Waals surface area contributed by atoms with Crippen LogP contribution in [0.3, 0.4) is 0 Å². The topological polar surface area (TPSA) is 121 Å². The molecule has 0 bridgehead atoms. The Morgan fingerprint density at radius 2 is 2.12 bits per heavy atom. The molecule has 0 aromatic heterocycles. The molecule has 10 heteroatoms. The fourth-order valence-corrected chi connectivity index (χ4v) is 3.36. The smallest absolute Gasteiger partial charge is 0.748 e. The minimum atomic E-state index is -4.54. The van der Waals surface area contributed by atoms with Gasteiger partial charge in [-0.3, -0.25) is 14.3 Å². The summed E-state index contributed by atoms with van der Waals surface area (Å²) in [4.78, 5) is 14.2. The molecule has 1 aliphatic rings. The number of nitrogens with zero attached hydrogens (tertiary/aromatic N) is 2. The third-order valence-electron chi connectivity index (χ3n) is 3.88. The number of β-amino-alcohol motifs (C(OH)–C–C–N with tert-alkyl or cyclic N) is 2. The molecule has 2 N–H and O–H groups in total. The summed E-state index contributed by atoms with van der Waals surface area (Å²) in [6.07, 6.45) is 5.64. The van der Waals surface area contributed by atoms with E-state index in [-0.39, 0.29) is 61.5 Å². The standard InChI is InChI=1S/C16H28N2O6S.Na/c1-2-3-4-5-6-7-15(21)16-17(10-11-19)8-9-18(16)12-14(20)13-25(22,23)24;/h5-6,14,19-20H,2-4,7-13H2,1H3;/q;+1/b6-5+;. The van der Waals surface area contributed by atoms with Gasteiger partial charge in [0.1, 0.15) is 32.3 Å². The van der Waals surface area contributed by atoms with Crippen molar-refractivity contribution in [1.29, 1.82) is 0 Å². The van der Waals surface area contributed by atoms with Gasteiger partial charge in [0.25, 0.3) is 0 Å². The molecule has 0 spiro atoms. The molecule has 1 aliphatic heterocycles. The van der Waals surface area contributed by atoms with Crippen molar-refractivity contribution in [2.75, 3.05) is 38.5 Å². The number of aliphatic hydroxyl groups excluding tert-OH is 2. The first-order chi connectivity index (χ1) is 11.8. The largest absolute Gasteiger partial charge is 1.00 e. The summed E-state index contributed by atoms with van der Waals surface area (Å²) in [5, 5.41) is 19.0. The number of aliphatic hydroxyl groups is 2. The fourth-order valence-electron chi connectivity index (χ4n) is 2.79. The molecule has 0 saturated heterocycles. The third-order valence-corrected chi connectivity index (χ3v) is 4.67. The monoisotopic (exact) mass is 399 g/mol. The zero-order valence-electron chi connectivity index (χ0n) is 15.6. The Morgan fingerprint density at radius 3 is 2.69 bits per heavy atom. The van der Waals surface area contributed by atoms with Gasteiger partial charge in [0.2, 0.25) is 5.78 Å². The summed E-state index contributed by atoms with van der Waals surface area (Å²) < 4.78 is 33.9. The van der Waals surface area contributed by atoms with Crippen LogP contribution in [0.5, 0.6) is 0 Å². The molecule has 0 saturated carbocycles. The van der Waals surface area contributed by atoms with Gasteiger partial charge in [-0.05, 0) is 6.42 Å². The number of ketones is 1. The van der Waals surface area contributed by atoms with Gasteiger partial charge in [-0.1, -0.05) is 31.9 Å². The van der Waals surface area contributed by atoms with Crippen LogP contribution >= 0.6 is 0 Å². The number of unbranched alkanes of at least 4 members (excludes halogenated alkanes) is 2. The van der Waals surface area contributed by atoms with E-state index in [1.807, 2.05) is 6.08 Å². The van der Waals surface area contributed by atoms with E-state index in [4.69, 9.17) is 5.11 Å². The van der Waals surface area contributed by atoms with Crippen molar-refractivity contribution in [3.8, 4) is 0 Å². The molecule has 1 unspecified atom stereocenters. The predicted octanol–water partition coefficient (Wildman–Crippen LogP) is -3.68. The average molecular weight is 399 g/mol. The molecule has 0 radical (unpaired) electrons. The maximum Gasteiger partial charge on any atom is 1.00 e. The molecule has 0 aliphatic carbocycles. The molecule has 0 fully saturated rings. The van der Waals surface area contributed by atoms with E-state index < -0.39 is 22.0 Å². The Kier molecular flexibility index (Phi) is 12.8. The second kappa shape index (κ2) is 13.0. The maximum atomic E-state index is 12.5. The zero-order valence-corrected chi connectivity index (χ0v) is 18.4. The Balaban J connectivity index is 0.00000625. The van der Waals surface area contributed by atoms with Crippen LogP contribution in [-0.2, 0) is 14.9 Å². The van der Waals surface area contributed by atoms with Gasteiger partial charge >= 0.3 is 35.4 Å². The minimum Gasteiger partial charge on any atom is -0.748 e. The van der Waals surface area contributed by atoms with Crippen LogP contribution in [0, 0.1) is 0 Å². The van der Waals surface area contributed by atoms with Gasteiger partial charge < -0.3 is 14.8 Å². The van der Waals surface area contributed by atoms with Crippen molar-refractivity contribution in [3.63, 3.8) is 0 Å². The summed E-state index contributed by atoms with van der Waals surface area (Å²) in [6.45, 7) is 3.07. The molecule has 8 nitrogen and oxygen atoms in total. The van der Waals surface area contributed by atoms with Gasteiger partial charge in [0.15, 0.2) is 0 Å². The van der Waals surface area contributed by atoms with Crippen molar-refractivity contribution in [2.45, 2.75) is 38.7 Å². The molecule has 0 aromatic carbocycles. The van der Waals surface area contributed by atoms with Crippen LogP contribution in [0.4, 0.5) is 0 Å². The first-order valence-electron chi connectivity index (χ1n) is 8.56. The normalized spacial score (nSPS) is 16.2. The van der Waals surface area contributed by atoms with Gasteiger partial charge in [-0.15, -0.1) is 0 Å². The Hall–Kier alpha value is -0.290. The number of Topliss-reactive ketones (excluding diaryl/α,β-unsaturated/α-hetero) is 1. The van der Waals surface area contributed by atoms with E-state index in [9.17, 15) is 22.9 Å². The second-order valence-electron chi connectivity index (χ2n) is 6.10. The molecule has 1 rings (SSSR count). The van der Waals surface area contributed by atoms with E-state index in [0.29, 0.717) is 18.9 Å². The van der Waals surface area contributed by atoms with Crippen molar-refractivity contribution in [3.05, 3.63) is 12.2 Å². The third kappa shape index (κ3) is 9.59. The minimum absolute atomic E-state index is 0. The number of carbonyl (C=O) groups excluding carboxylic acids is 1. The number of hydrogen-bond donors (Lipinski definition) is 2. The Bertz CT molecular complexity index is 606. The van der Waals surface area contributed by atoms with Crippen molar-refractivity contribution in [2.24, 2.45) is 0 Å². The summed E-state index contributed by atoms with van der Waals surface area (Å²) in [5.41, 5.74) is 0. The van der Waals surface area contributed by atoms with Crippen molar-refractivity contribution >= 4 is 21.7 Å². The van der Waals surface area contributed by atoms with Crippen LogP contribution < -0.4 is 29.6 Å². The van der Waals surface area contributed by atoms with Gasteiger partial charge in [-0.25, -0.2) is 8.42 Å². The maximum absolute atomic E-state index is 12.5. The molecule has 0 amide bonds. The van der Waals surface area contributed by atoms with Crippen molar-refractivity contribution < 1.29 is 62.1 Å². The van der Waals surface area contributed by atoms with E-state index in [0.717, 1.165) is 19.3 Å². The summed E-state index contributed by atoms with van der Waals surface area (Å²) in [5.74, 6) is -0.686. The number of allylic oxidation sites excluding steroid dienone is 2. The van der Waals surface area contributed by atoms with Gasteiger partial charge in [0, 0.05) is 6.42 Å². The fraction of sp³-hybridized carbons (Fsp3) is 0.750. The van der Waals surface area contributed by atoms with Gasteiger partial charge in [0.05, 0.1) is 22.5 Å². The van der Waals surface area contributed by atoms with E-state index in [1.165, 1.54) is 0 Å². The summed E-state index contributed by atoms with van der Waals surface area (Å²) in [6, 6.07) is 0. The number of carbonyl (C=O) groups is 1. The summed E-state index contributed by atoms with van der Waals surface area (Å²) >= 11 is 0. The number of hydrogen-bond acceptors (Lipinski definition) is 7. The molecular formula is C16H28N2NaO6S+. The van der Waals surface area contributed by atoms with Crippen molar-refractivity contribution in [1.82, 2.24) is 4.90 Å². The molecule has 1 atom stereocenters. The molecule has 26 heavy (non-hydrogen) atoms. The van der Waals surface area contributed by atoms with Gasteiger partial charge in [-0.2, -0.15) is 0 Å². The van der Waals surface area contributed by atoms with Crippen LogP contribution in [0.15, 0.2) is 12.2 Å². The van der Waals surface area contributed by atoms with E-state index in [2.05, 4.69) is 6.92 Å². The van der Waals surface area contributed by atoms with Crippen LogP contribution in [-0.4, -0.2) is 88.9 Å².